The summed E-state index contributed by atoms with van der Waals surface area (Å²) < 4.78 is 7.75. The zero-order valence-corrected chi connectivity index (χ0v) is 15.6. The summed E-state index contributed by atoms with van der Waals surface area (Å²) >= 11 is 5.48. The van der Waals surface area contributed by atoms with E-state index in [4.69, 9.17) is 17.0 Å². The molecule has 1 aliphatic rings. The molecule has 5 nitrogen and oxygen atoms in total. The molecule has 4 rings (SSSR count). The molecule has 0 bridgehead atoms. The Morgan fingerprint density at radius 1 is 1.15 bits per heavy atom. The largest absolute Gasteiger partial charge is 0.497 e. The molecule has 1 fully saturated rings. The monoisotopic (exact) mass is 366 g/mol. The Kier molecular flexibility index (Phi) is 4.86. The van der Waals surface area contributed by atoms with Gasteiger partial charge in [0.25, 0.3) is 0 Å². The highest BCUT2D eigenvalue weighted by Gasteiger charge is 2.26. The highest BCUT2D eigenvalue weighted by atomic mass is 32.1. The Labute approximate surface area is 158 Å². The van der Waals surface area contributed by atoms with Crippen molar-refractivity contribution in [2.75, 3.05) is 13.7 Å². The van der Waals surface area contributed by atoms with Crippen molar-refractivity contribution in [1.29, 1.82) is 0 Å². The van der Waals surface area contributed by atoms with Crippen LogP contribution >= 0.6 is 12.2 Å². The number of hydrogen-bond donors (Lipinski definition) is 1. The summed E-state index contributed by atoms with van der Waals surface area (Å²) in [6.45, 7) is 1.79. The standard InChI is InChI=1S/C20H22N4OS/c1-25-17-11-9-16(10-12-17)19-21-20(26)24(22-19)14-23-13-5-8-18(23)15-6-3-2-4-7-15/h2-4,6-7,9-12,18H,5,8,13-14H2,1H3,(H,21,22,26)/t18-/m1/s1. The minimum Gasteiger partial charge on any atom is -0.497 e. The molecule has 1 atom stereocenters. The van der Waals surface area contributed by atoms with Crippen LogP contribution in [0.1, 0.15) is 24.4 Å². The molecular formula is C20H22N4OS. The van der Waals surface area contributed by atoms with Crippen molar-refractivity contribution in [3.8, 4) is 17.1 Å². The highest BCUT2D eigenvalue weighted by molar-refractivity contribution is 7.71. The van der Waals surface area contributed by atoms with Crippen LogP contribution < -0.4 is 4.74 Å². The summed E-state index contributed by atoms with van der Waals surface area (Å²) in [5.41, 5.74) is 2.36. The number of ether oxygens (including phenoxy) is 1. The van der Waals surface area contributed by atoms with Crippen LogP contribution in [-0.4, -0.2) is 33.3 Å². The van der Waals surface area contributed by atoms with E-state index < -0.39 is 0 Å². The van der Waals surface area contributed by atoms with E-state index in [2.05, 4.69) is 45.3 Å². The Bertz CT molecular complexity index is 917. The Morgan fingerprint density at radius 2 is 1.92 bits per heavy atom. The van der Waals surface area contributed by atoms with Crippen molar-refractivity contribution in [3.63, 3.8) is 0 Å². The maximum atomic E-state index is 5.48. The number of H-pyrrole nitrogens is 1. The van der Waals surface area contributed by atoms with Crippen molar-refractivity contribution in [2.24, 2.45) is 0 Å². The second kappa shape index (κ2) is 7.43. The lowest BCUT2D eigenvalue weighted by atomic mass is 10.1. The summed E-state index contributed by atoms with van der Waals surface area (Å²) in [4.78, 5) is 6.99. The van der Waals surface area contributed by atoms with Gasteiger partial charge in [-0.2, -0.15) is 4.98 Å². The first-order valence-corrected chi connectivity index (χ1v) is 9.26. The first kappa shape index (κ1) is 17.0. The molecule has 0 radical (unpaired) electrons. The van der Waals surface area contributed by atoms with Crippen molar-refractivity contribution < 1.29 is 4.74 Å². The Balaban J connectivity index is 1.55. The van der Waals surface area contributed by atoms with Crippen molar-refractivity contribution in [1.82, 2.24) is 19.7 Å². The summed E-state index contributed by atoms with van der Waals surface area (Å²) in [6, 6.07) is 19.0. The van der Waals surface area contributed by atoms with Crippen molar-refractivity contribution >= 4 is 12.2 Å². The predicted molar refractivity (Wildman–Crippen MR) is 105 cm³/mol. The Hall–Kier alpha value is -2.44. The average molecular weight is 366 g/mol. The molecule has 1 aliphatic heterocycles. The third-order valence-electron chi connectivity index (χ3n) is 4.91. The fourth-order valence-corrected chi connectivity index (χ4v) is 3.75. The Morgan fingerprint density at radius 3 is 2.65 bits per heavy atom. The van der Waals surface area contributed by atoms with Gasteiger partial charge >= 0.3 is 0 Å². The lowest BCUT2D eigenvalue weighted by Crippen LogP contribution is -2.26. The predicted octanol–water partition coefficient (Wildman–Crippen LogP) is 4.41. The van der Waals surface area contributed by atoms with E-state index >= 15 is 0 Å². The molecule has 0 unspecified atom stereocenters. The number of rotatable bonds is 5. The van der Waals surface area contributed by atoms with Gasteiger partial charge in [-0.05, 0) is 54.9 Å². The molecule has 0 spiro atoms. The molecule has 0 saturated carbocycles. The zero-order chi connectivity index (χ0) is 17.9. The van der Waals surface area contributed by atoms with Gasteiger partial charge in [-0.1, -0.05) is 30.3 Å². The quantitative estimate of drug-likeness (QED) is 0.680. The molecule has 0 amide bonds. The number of methoxy groups -OCH3 is 1. The normalized spacial score (nSPS) is 17.5. The van der Waals surface area contributed by atoms with Gasteiger partial charge in [-0.3, -0.25) is 10.00 Å². The molecular weight excluding hydrogens is 344 g/mol. The summed E-state index contributed by atoms with van der Waals surface area (Å²) in [7, 11) is 1.66. The SMILES string of the molecule is COc1ccc(-c2nc(=S)n(CN3CCC[C@@H]3c3ccccc3)[nH]2)cc1. The molecule has 0 aliphatic carbocycles. The van der Waals surface area contributed by atoms with Crippen LogP contribution in [0.5, 0.6) is 5.75 Å². The van der Waals surface area contributed by atoms with E-state index in [-0.39, 0.29) is 0 Å². The van der Waals surface area contributed by atoms with Gasteiger partial charge in [0.1, 0.15) is 5.75 Å². The number of likely N-dealkylation sites (tertiary alicyclic amines) is 1. The van der Waals surface area contributed by atoms with E-state index in [1.54, 1.807) is 7.11 Å². The van der Waals surface area contributed by atoms with Crippen LogP contribution in [0.15, 0.2) is 54.6 Å². The minimum atomic E-state index is 0.436. The second-order valence-corrected chi connectivity index (χ2v) is 6.90. The van der Waals surface area contributed by atoms with E-state index in [0.717, 1.165) is 30.4 Å². The van der Waals surface area contributed by atoms with Gasteiger partial charge in [-0.15, -0.1) is 0 Å². The van der Waals surface area contributed by atoms with E-state index in [0.29, 0.717) is 10.8 Å². The molecule has 6 heteroatoms. The van der Waals surface area contributed by atoms with Crippen LogP contribution in [0, 0.1) is 4.77 Å². The highest BCUT2D eigenvalue weighted by Crippen LogP contribution is 2.32. The van der Waals surface area contributed by atoms with Crippen LogP contribution in [-0.2, 0) is 6.67 Å². The van der Waals surface area contributed by atoms with E-state index in [1.165, 1.54) is 18.4 Å². The van der Waals surface area contributed by atoms with Gasteiger partial charge in [-0.25, -0.2) is 4.68 Å². The fourth-order valence-electron chi connectivity index (χ4n) is 3.56. The molecule has 3 aromatic rings. The summed E-state index contributed by atoms with van der Waals surface area (Å²) in [6.07, 6.45) is 2.38. The van der Waals surface area contributed by atoms with E-state index in [1.807, 2.05) is 28.9 Å². The van der Waals surface area contributed by atoms with Crippen LogP contribution in [0.2, 0.25) is 0 Å². The molecule has 26 heavy (non-hydrogen) atoms. The van der Waals surface area contributed by atoms with Gasteiger partial charge < -0.3 is 4.74 Å². The lowest BCUT2D eigenvalue weighted by molar-refractivity contribution is 0.190. The van der Waals surface area contributed by atoms with Gasteiger partial charge in [0.05, 0.1) is 13.8 Å². The molecule has 1 saturated heterocycles. The van der Waals surface area contributed by atoms with Gasteiger partial charge in [0, 0.05) is 18.2 Å². The molecule has 1 aromatic heterocycles. The summed E-state index contributed by atoms with van der Waals surface area (Å²) in [5.74, 6) is 1.61. The molecule has 2 heterocycles. The lowest BCUT2D eigenvalue weighted by Gasteiger charge is -2.24. The first-order valence-electron chi connectivity index (χ1n) is 8.85. The zero-order valence-electron chi connectivity index (χ0n) is 14.8. The van der Waals surface area contributed by atoms with Gasteiger partial charge in [0.15, 0.2) is 5.82 Å². The maximum Gasteiger partial charge on any atom is 0.217 e. The fraction of sp³-hybridized carbons (Fsp3) is 0.300. The second-order valence-electron chi connectivity index (χ2n) is 6.53. The molecule has 1 N–H and O–H groups in total. The van der Waals surface area contributed by atoms with Gasteiger partial charge in [0.2, 0.25) is 4.77 Å². The maximum absolute atomic E-state index is 5.48. The summed E-state index contributed by atoms with van der Waals surface area (Å²) in [5, 5.41) is 3.35. The number of aromatic nitrogens is 3. The van der Waals surface area contributed by atoms with Crippen LogP contribution in [0.4, 0.5) is 0 Å². The van der Waals surface area contributed by atoms with Crippen molar-refractivity contribution in [2.45, 2.75) is 25.6 Å². The topological polar surface area (TPSA) is 46.1 Å². The number of nitrogens with zero attached hydrogens (tertiary/aromatic N) is 3. The molecule has 134 valence electrons. The number of nitrogens with one attached hydrogen (secondary N) is 1. The van der Waals surface area contributed by atoms with E-state index in [9.17, 15) is 0 Å². The van der Waals surface area contributed by atoms with Crippen LogP contribution in [0.25, 0.3) is 11.4 Å². The minimum absolute atomic E-state index is 0.436. The molecule has 2 aromatic carbocycles. The number of benzene rings is 2. The van der Waals surface area contributed by atoms with Crippen LogP contribution in [0.3, 0.4) is 0 Å². The number of aromatic amines is 1. The smallest absolute Gasteiger partial charge is 0.217 e. The third kappa shape index (κ3) is 3.43. The average Bonchev–Trinajstić information content (AvgIpc) is 3.30. The van der Waals surface area contributed by atoms with Crippen molar-refractivity contribution in [3.05, 3.63) is 64.9 Å². The number of hydrogen-bond acceptors (Lipinski definition) is 4. The third-order valence-corrected chi connectivity index (χ3v) is 5.23. The first-order chi connectivity index (χ1) is 12.7.